The van der Waals surface area contributed by atoms with Crippen molar-refractivity contribution in [2.75, 3.05) is 6.35 Å². The summed E-state index contributed by atoms with van der Waals surface area (Å²) in [7, 11) is -4.45. The van der Waals surface area contributed by atoms with E-state index in [1.165, 1.54) is 0 Å². The van der Waals surface area contributed by atoms with Crippen molar-refractivity contribution in [3.8, 4) is 0 Å². The van der Waals surface area contributed by atoms with E-state index in [1.807, 2.05) is 4.98 Å². The molecule has 0 unspecified atom stereocenters. The van der Waals surface area contributed by atoms with Gasteiger partial charge in [-0.3, -0.25) is 18.9 Å². The first-order valence-corrected chi connectivity index (χ1v) is 7.95. The SMILES string of the molecule is C=C[C@@]1(OCP(=O)(O)O)C[C@@H](O)[C@H](n2ccc(=O)[nH]c2=O)O1. The number of aromatic amines is 1. The molecule has 2 heterocycles. The monoisotopic (exact) mass is 334 g/mol. The van der Waals surface area contributed by atoms with Gasteiger partial charge < -0.3 is 24.4 Å². The van der Waals surface area contributed by atoms with Gasteiger partial charge in [-0.25, -0.2) is 4.79 Å². The van der Waals surface area contributed by atoms with Crippen LogP contribution in [0.15, 0.2) is 34.5 Å². The van der Waals surface area contributed by atoms with Gasteiger partial charge in [-0.1, -0.05) is 6.58 Å². The van der Waals surface area contributed by atoms with E-state index in [-0.39, 0.29) is 6.42 Å². The Balaban J connectivity index is 2.26. The van der Waals surface area contributed by atoms with Crippen molar-refractivity contribution >= 4 is 7.60 Å². The van der Waals surface area contributed by atoms with Crippen LogP contribution in [0.1, 0.15) is 12.6 Å². The number of aliphatic hydroxyl groups is 1. The normalized spacial score (nSPS) is 28.7. The lowest BCUT2D eigenvalue weighted by atomic mass is 10.1. The smallest absolute Gasteiger partial charge is 0.351 e. The summed E-state index contributed by atoms with van der Waals surface area (Å²) in [5.74, 6) is -1.65. The van der Waals surface area contributed by atoms with Gasteiger partial charge in [0.2, 0.25) is 0 Å². The lowest BCUT2D eigenvalue weighted by Crippen LogP contribution is -2.35. The maximum atomic E-state index is 11.7. The number of ether oxygens (including phenoxy) is 2. The van der Waals surface area contributed by atoms with Crippen LogP contribution in [0.2, 0.25) is 0 Å². The maximum absolute atomic E-state index is 11.7. The molecule has 2 rings (SSSR count). The molecule has 0 spiro atoms. The topological polar surface area (TPSA) is 151 Å². The number of nitrogens with one attached hydrogen (secondary N) is 1. The summed E-state index contributed by atoms with van der Waals surface area (Å²) in [6, 6.07) is 1.07. The Morgan fingerprint density at radius 2 is 2.27 bits per heavy atom. The molecule has 1 aliphatic rings. The molecule has 0 saturated carbocycles. The van der Waals surface area contributed by atoms with E-state index in [0.717, 1.165) is 22.9 Å². The average Bonchev–Trinajstić information content (AvgIpc) is 2.74. The predicted octanol–water partition coefficient (Wildman–Crippen LogP) is -1.15. The summed E-state index contributed by atoms with van der Waals surface area (Å²) >= 11 is 0. The van der Waals surface area contributed by atoms with Crippen molar-refractivity contribution in [3.05, 3.63) is 45.8 Å². The van der Waals surface area contributed by atoms with Crippen molar-refractivity contribution in [3.63, 3.8) is 0 Å². The van der Waals surface area contributed by atoms with Crippen LogP contribution in [0.25, 0.3) is 0 Å². The lowest BCUT2D eigenvalue weighted by Gasteiger charge is -2.26. The number of rotatable bonds is 5. The summed E-state index contributed by atoms with van der Waals surface area (Å²) in [6.45, 7) is 3.46. The predicted molar refractivity (Wildman–Crippen MR) is 73.0 cm³/mol. The molecule has 3 atom stereocenters. The number of aliphatic hydroxyl groups excluding tert-OH is 1. The second-order valence-corrected chi connectivity index (χ2v) is 6.34. The number of hydrogen-bond donors (Lipinski definition) is 4. The average molecular weight is 334 g/mol. The third kappa shape index (κ3) is 3.61. The van der Waals surface area contributed by atoms with Crippen molar-refractivity contribution in [1.82, 2.24) is 9.55 Å². The van der Waals surface area contributed by atoms with Gasteiger partial charge in [-0.05, 0) is 6.08 Å². The van der Waals surface area contributed by atoms with E-state index < -0.39 is 43.3 Å². The Labute approximate surface area is 123 Å². The molecule has 11 heteroatoms. The number of H-pyrrole nitrogens is 1. The standard InChI is InChI=1S/C11H15N2O8P/c1-2-11(20-6-22(17,18)19)5-7(14)9(21-11)13-4-3-8(15)12-10(13)16/h2-4,7,9,14H,1,5-6H2,(H,12,15,16)(H2,17,18,19)/t7-,9-,11+/m1/s1. The van der Waals surface area contributed by atoms with Crippen molar-refractivity contribution < 1.29 is 28.9 Å². The van der Waals surface area contributed by atoms with Crippen LogP contribution < -0.4 is 11.2 Å². The van der Waals surface area contributed by atoms with Crippen molar-refractivity contribution in [1.29, 1.82) is 0 Å². The Bertz CT molecular complexity index is 721. The fourth-order valence-electron chi connectivity index (χ4n) is 2.07. The molecule has 1 aromatic heterocycles. The highest BCUT2D eigenvalue weighted by Crippen LogP contribution is 2.42. The van der Waals surface area contributed by atoms with Crippen LogP contribution in [0.4, 0.5) is 0 Å². The molecule has 1 saturated heterocycles. The molecular formula is C11H15N2O8P. The molecule has 0 aliphatic carbocycles. The second kappa shape index (κ2) is 5.92. The largest absolute Gasteiger partial charge is 0.388 e. The second-order valence-electron chi connectivity index (χ2n) is 4.75. The van der Waals surface area contributed by atoms with Gasteiger partial charge >= 0.3 is 13.3 Å². The Hall–Kier alpha value is -1.55. The van der Waals surface area contributed by atoms with Gasteiger partial charge in [0.15, 0.2) is 18.4 Å². The van der Waals surface area contributed by atoms with E-state index in [4.69, 9.17) is 19.3 Å². The van der Waals surface area contributed by atoms with Crippen LogP contribution in [0.5, 0.6) is 0 Å². The third-order valence-electron chi connectivity index (χ3n) is 3.06. The summed E-state index contributed by atoms with van der Waals surface area (Å²) < 4.78 is 22.3. The van der Waals surface area contributed by atoms with Gasteiger partial charge in [-0.2, -0.15) is 0 Å². The molecule has 4 N–H and O–H groups in total. The van der Waals surface area contributed by atoms with Gasteiger partial charge in [0.05, 0.1) is 0 Å². The van der Waals surface area contributed by atoms with E-state index >= 15 is 0 Å². The molecular weight excluding hydrogens is 319 g/mol. The van der Waals surface area contributed by atoms with E-state index in [2.05, 4.69) is 6.58 Å². The highest BCUT2D eigenvalue weighted by molar-refractivity contribution is 7.51. The van der Waals surface area contributed by atoms with E-state index in [9.17, 15) is 19.3 Å². The molecule has 1 aromatic rings. The van der Waals surface area contributed by atoms with Crippen LogP contribution >= 0.6 is 7.60 Å². The van der Waals surface area contributed by atoms with Crippen LogP contribution in [0, 0.1) is 0 Å². The number of aromatic nitrogens is 2. The van der Waals surface area contributed by atoms with Crippen LogP contribution in [-0.4, -0.2) is 42.7 Å². The fourth-order valence-corrected chi connectivity index (χ4v) is 2.46. The van der Waals surface area contributed by atoms with Crippen molar-refractivity contribution in [2.45, 2.75) is 24.5 Å². The maximum Gasteiger partial charge on any atom is 0.351 e. The fraction of sp³-hybridized carbons (Fsp3) is 0.455. The first-order chi connectivity index (χ1) is 10.2. The van der Waals surface area contributed by atoms with Crippen LogP contribution in [-0.2, 0) is 14.0 Å². The Morgan fingerprint density at radius 1 is 1.59 bits per heavy atom. The minimum Gasteiger partial charge on any atom is -0.388 e. The van der Waals surface area contributed by atoms with E-state index in [0.29, 0.717) is 0 Å². The van der Waals surface area contributed by atoms with Gasteiger partial charge in [0.25, 0.3) is 5.56 Å². The minimum absolute atomic E-state index is 0.188. The summed E-state index contributed by atoms with van der Waals surface area (Å²) in [5.41, 5.74) is -1.41. The molecule has 122 valence electrons. The summed E-state index contributed by atoms with van der Waals surface area (Å²) in [6.07, 6.45) is -1.25. The van der Waals surface area contributed by atoms with Gasteiger partial charge in [-0.15, -0.1) is 0 Å². The minimum atomic E-state index is -4.45. The zero-order valence-electron chi connectivity index (χ0n) is 11.3. The highest BCUT2D eigenvalue weighted by Gasteiger charge is 2.47. The number of hydrogen-bond acceptors (Lipinski definition) is 6. The van der Waals surface area contributed by atoms with Gasteiger partial charge in [0, 0.05) is 18.7 Å². The molecule has 10 nitrogen and oxygen atoms in total. The summed E-state index contributed by atoms with van der Waals surface area (Å²) in [5, 5.41) is 10.0. The molecule has 0 aromatic carbocycles. The third-order valence-corrected chi connectivity index (χ3v) is 3.52. The van der Waals surface area contributed by atoms with Gasteiger partial charge in [0.1, 0.15) is 6.10 Å². The molecule has 0 amide bonds. The van der Waals surface area contributed by atoms with E-state index in [1.54, 1.807) is 0 Å². The number of nitrogens with zero attached hydrogens (tertiary/aromatic N) is 1. The molecule has 1 aliphatic heterocycles. The Kier molecular flexibility index (Phi) is 4.52. The van der Waals surface area contributed by atoms with Crippen molar-refractivity contribution in [2.24, 2.45) is 0 Å². The molecule has 0 bridgehead atoms. The zero-order chi connectivity index (χ0) is 16.5. The zero-order valence-corrected chi connectivity index (χ0v) is 12.2. The Morgan fingerprint density at radius 3 is 2.82 bits per heavy atom. The summed E-state index contributed by atoms with van der Waals surface area (Å²) in [4.78, 5) is 42.5. The molecule has 0 radical (unpaired) electrons. The highest BCUT2D eigenvalue weighted by atomic mass is 31.2. The molecule has 1 fully saturated rings. The van der Waals surface area contributed by atoms with Crippen LogP contribution in [0.3, 0.4) is 0 Å². The quantitative estimate of drug-likeness (QED) is 0.389. The first kappa shape index (κ1) is 16.8. The molecule has 22 heavy (non-hydrogen) atoms. The lowest BCUT2D eigenvalue weighted by molar-refractivity contribution is -0.202. The first-order valence-electron chi connectivity index (χ1n) is 6.15.